The van der Waals surface area contributed by atoms with Gasteiger partial charge in [0.2, 0.25) is 6.29 Å². The fourth-order valence-electron chi connectivity index (χ4n) is 19.0. The number of hydrogen-bond acceptors (Lipinski definition) is 27. The maximum Gasteiger partial charge on any atom is 0.303 e. The molecule has 4 N–H and O–H groups in total. The molecule has 0 bridgehead atoms. The predicted molar refractivity (Wildman–Crippen MR) is 336 cm³/mol. The molecule has 0 aromatic rings. The van der Waals surface area contributed by atoms with Crippen molar-refractivity contribution in [3.63, 3.8) is 0 Å². The third-order valence-electron chi connectivity index (χ3n) is 24.2. The second-order valence-corrected chi connectivity index (χ2v) is 30.1. The lowest BCUT2D eigenvalue weighted by Gasteiger charge is -2.59. The number of carbonyl (C=O) groups is 2. The number of Topliss-reactive ketones (excluding diaryl/α,β-unsaturated/α-hetero) is 1. The number of allylic oxidation sites excluding steroid dienone is 1. The number of aliphatic hydroxyl groups is 4. The number of ketones is 1. The van der Waals surface area contributed by atoms with Gasteiger partial charge < -0.3 is 120 Å². The summed E-state index contributed by atoms with van der Waals surface area (Å²) in [6.07, 6.45) is -9.03. The van der Waals surface area contributed by atoms with Gasteiger partial charge in [0.15, 0.2) is 50.1 Å². The van der Waals surface area contributed by atoms with E-state index in [1.165, 1.54) is 33.8 Å². The maximum atomic E-state index is 13.1. The van der Waals surface area contributed by atoms with Crippen molar-refractivity contribution >= 4 is 11.8 Å². The third kappa shape index (κ3) is 14.6. The van der Waals surface area contributed by atoms with Crippen LogP contribution in [0.2, 0.25) is 0 Å². The van der Waals surface area contributed by atoms with Gasteiger partial charge in [0.1, 0.15) is 42.7 Å². The van der Waals surface area contributed by atoms with Crippen molar-refractivity contribution in [3.8, 4) is 0 Å². The molecule has 27 heteroatoms. The summed E-state index contributed by atoms with van der Waals surface area (Å²) in [5.74, 6) is -0.907. The van der Waals surface area contributed by atoms with E-state index in [0.717, 1.165) is 44.9 Å². The Hall–Kier alpha value is -2.50. The van der Waals surface area contributed by atoms with Crippen LogP contribution in [0.25, 0.3) is 0 Å². The Bertz CT molecular complexity index is 2740. The zero-order valence-corrected chi connectivity index (χ0v) is 59.1. The second-order valence-electron chi connectivity index (χ2n) is 30.1. The van der Waals surface area contributed by atoms with Crippen LogP contribution in [-0.2, 0) is 109 Å². The fraction of sp³-hybridized carbons (Fsp3) is 0.914. The van der Waals surface area contributed by atoms with E-state index < -0.39 is 177 Å². The summed E-state index contributed by atoms with van der Waals surface area (Å²) >= 11 is 0. The highest BCUT2D eigenvalue weighted by Crippen LogP contribution is 2.68. The summed E-state index contributed by atoms with van der Waals surface area (Å²) in [5, 5.41) is 47.4. The zero-order valence-electron chi connectivity index (χ0n) is 59.1. The fourth-order valence-corrected chi connectivity index (χ4v) is 19.0. The van der Waals surface area contributed by atoms with Crippen LogP contribution in [0.15, 0.2) is 23.5 Å². The lowest BCUT2D eigenvalue weighted by Crippen LogP contribution is -2.62. The van der Waals surface area contributed by atoms with Crippen molar-refractivity contribution in [2.24, 2.45) is 28.6 Å². The standard InChI is InChI=1S/C70H110O27/c1-32-24-48(77-12)56(74)65(83-32)91-42-18-21-67(10)41(25-42)16-17-43-44(67)19-22-68(11)45(43)20-23-69(68,76)39(8)89-54-29-50-62(36(5)87-54)97-70(82-31-81-50)30-51(79-14)61(38(7)96-70)94-53-27-47(73)58(33(2)85-53)92-52-26-46(72)59(34(3)84-52)93-55-28-49(78-13)60(35(4)86-55)95-66-57(75)64(80-15)63(37(6)88-66)90-40(9)71/h16,24,32-39,42-47,49-55,57-66,72-73,75-76H,17-23,25-31H2,1-15H3/t32-,33-,34-,35-,36-,37-,38-,39+,42+,43-,44+,45+,46-,47+,49+,50-,51-,52+,53+,54+,55+,57-,58-,59-,60-,61-,62-,63-,64-,65+,66+,67+,68+,69+,70-/m1/s1. The number of ether oxygens (including phenoxy) is 21. The molecule has 35 atom stereocenters. The van der Waals surface area contributed by atoms with Crippen molar-refractivity contribution in [1.82, 2.24) is 0 Å². The molecule has 4 aliphatic carbocycles. The highest BCUT2D eigenvalue weighted by atomic mass is 16.9. The predicted octanol–water partition coefficient (Wildman–Crippen LogP) is 5.42. The number of rotatable bonds is 18. The number of carbonyl (C=O) groups excluding carboxylic acids is 2. The van der Waals surface area contributed by atoms with E-state index in [9.17, 15) is 30.0 Å². The summed E-state index contributed by atoms with van der Waals surface area (Å²) in [4.78, 5) is 24.9. The van der Waals surface area contributed by atoms with Gasteiger partial charge in [-0.3, -0.25) is 9.59 Å². The van der Waals surface area contributed by atoms with Crippen molar-refractivity contribution < 1.29 is 129 Å². The average Bonchev–Trinajstić information content (AvgIpc) is 1.63. The SMILES string of the molecule is COC1=C[C@@H](C)O[C@@H](O[C@H]2CC[C@@]3(C)C(=CC[C@@H]4[C@@H]3CC[C@@]3(C)[C@H]4CC[C@]3(O)[C@H](C)O[C@H]3C[C@H]4OCO[C@@]5(C[C@@H](OC)[C@H](O[C@H]6C[C@H](O)[C@H](O[C@H]7C[C@@H](O)[C@H](O[C@H]8C[C@H](OC)[C@H](O[C@@H]9O[C@H](C)[C@@H](OC(C)=O)[C@H](OC)[C@H]9O)[C@@H](C)O8)[C@@H](C)O7)[C@@H](C)O6)[C@@H](C)O5)O[C@@H]4[C@@H](C)O3)C2)C1=O. The molecule has 0 unspecified atom stereocenters. The molecule has 0 aromatic heterocycles. The van der Waals surface area contributed by atoms with E-state index in [1.807, 2.05) is 27.7 Å². The van der Waals surface area contributed by atoms with Crippen LogP contribution in [0.5, 0.6) is 0 Å². The molecule has 0 aromatic carbocycles. The molecule has 3 saturated carbocycles. The van der Waals surface area contributed by atoms with Crippen LogP contribution in [0.4, 0.5) is 0 Å². The van der Waals surface area contributed by atoms with Crippen LogP contribution in [0.3, 0.4) is 0 Å². The monoisotopic (exact) mass is 1380 g/mol. The van der Waals surface area contributed by atoms with E-state index in [0.29, 0.717) is 30.6 Å². The van der Waals surface area contributed by atoms with Crippen LogP contribution < -0.4 is 0 Å². The first-order valence-electron chi connectivity index (χ1n) is 35.6. The Morgan fingerprint density at radius 1 is 0.639 bits per heavy atom. The minimum atomic E-state index is -1.59. The van der Waals surface area contributed by atoms with Gasteiger partial charge in [-0.25, -0.2) is 0 Å². The van der Waals surface area contributed by atoms with Crippen molar-refractivity contribution in [1.29, 1.82) is 0 Å². The van der Waals surface area contributed by atoms with Gasteiger partial charge in [0.05, 0.1) is 105 Å². The summed E-state index contributed by atoms with van der Waals surface area (Å²) in [5.41, 5.74) is -0.0465. The summed E-state index contributed by atoms with van der Waals surface area (Å²) < 4.78 is 131. The van der Waals surface area contributed by atoms with Crippen LogP contribution in [0.1, 0.15) is 160 Å². The van der Waals surface area contributed by atoms with Crippen LogP contribution >= 0.6 is 0 Å². The molecule has 12 aliphatic rings. The minimum Gasteiger partial charge on any atom is -0.493 e. The molecule has 1 spiro atoms. The lowest BCUT2D eigenvalue weighted by molar-refractivity contribution is -0.447. The van der Waals surface area contributed by atoms with Gasteiger partial charge >= 0.3 is 5.97 Å². The first-order valence-corrected chi connectivity index (χ1v) is 35.6. The first kappa shape index (κ1) is 74.2. The molecule has 0 amide bonds. The van der Waals surface area contributed by atoms with Crippen molar-refractivity contribution in [2.75, 3.05) is 35.2 Å². The molecular formula is C70H110O27. The van der Waals surface area contributed by atoms with Gasteiger partial charge in [0.25, 0.3) is 11.8 Å². The van der Waals surface area contributed by atoms with E-state index in [-0.39, 0.29) is 67.1 Å². The molecule has 552 valence electrons. The molecule has 8 heterocycles. The number of fused-ring (bicyclic) bond motifs is 6. The molecule has 7 saturated heterocycles. The molecule has 27 nitrogen and oxygen atoms in total. The summed E-state index contributed by atoms with van der Waals surface area (Å²) in [7, 11) is 6.02. The minimum absolute atomic E-state index is 0.00832. The average molecular weight is 1380 g/mol. The summed E-state index contributed by atoms with van der Waals surface area (Å²) in [6.45, 7) is 20.5. The number of hydrogen-bond donors (Lipinski definition) is 4. The Morgan fingerprint density at radius 2 is 1.26 bits per heavy atom. The van der Waals surface area contributed by atoms with E-state index in [4.69, 9.17) is 99.5 Å². The second kappa shape index (κ2) is 29.9. The molecule has 0 radical (unpaired) electrons. The topological polar surface area (TPSA) is 309 Å². The molecule has 8 aliphatic heterocycles. The molecule has 97 heavy (non-hydrogen) atoms. The van der Waals surface area contributed by atoms with E-state index in [2.05, 4.69) is 19.9 Å². The van der Waals surface area contributed by atoms with Gasteiger partial charge in [0, 0.05) is 59.4 Å². The lowest BCUT2D eigenvalue weighted by atomic mass is 9.46. The maximum absolute atomic E-state index is 13.1. The molecule has 10 fully saturated rings. The Balaban J connectivity index is 0.593. The summed E-state index contributed by atoms with van der Waals surface area (Å²) in [6, 6.07) is 0. The smallest absolute Gasteiger partial charge is 0.303 e. The Labute approximate surface area is 569 Å². The number of esters is 1. The number of aliphatic hydroxyl groups excluding tert-OH is 3. The molecule has 12 rings (SSSR count). The van der Waals surface area contributed by atoms with Gasteiger partial charge in [-0.2, -0.15) is 0 Å². The highest BCUT2D eigenvalue weighted by molar-refractivity contribution is 5.96. The normalized spacial score (nSPS) is 51.4. The Morgan fingerprint density at radius 3 is 1.90 bits per heavy atom. The van der Waals surface area contributed by atoms with Crippen LogP contribution in [0, 0.1) is 28.6 Å². The zero-order chi connectivity index (χ0) is 69.4. The van der Waals surface area contributed by atoms with Gasteiger partial charge in [-0.1, -0.05) is 25.5 Å². The highest BCUT2D eigenvalue weighted by Gasteiger charge is 2.67. The van der Waals surface area contributed by atoms with E-state index in [1.54, 1.807) is 40.9 Å². The number of methoxy groups -OCH3 is 4. The largest absolute Gasteiger partial charge is 0.493 e. The Kier molecular flexibility index (Phi) is 22.9. The quantitative estimate of drug-likeness (QED) is 0.0983. The van der Waals surface area contributed by atoms with Gasteiger partial charge in [-0.15, -0.1) is 0 Å². The molecular weight excluding hydrogens is 1270 g/mol. The van der Waals surface area contributed by atoms with E-state index >= 15 is 0 Å². The van der Waals surface area contributed by atoms with Crippen molar-refractivity contribution in [2.45, 2.75) is 343 Å². The van der Waals surface area contributed by atoms with Crippen LogP contribution in [-0.4, -0.2) is 251 Å². The first-order chi connectivity index (χ1) is 46.1. The van der Waals surface area contributed by atoms with Gasteiger partial charge in [-0.05, 0) is 136 Å². The third-order valence-corrected chi connectivity index (χ3v) is 24.2. The van der Waals surface area contributed by atoms with Crippen molar-refractivity contribution in [3.05, 3.63) is 23.5 Å².